The van der Waals surface area contributed by atoms with Crippen LogP contribution in [0.15, 0.2) is 0 Å². The Morgan fingerprint density at radius 2 is 2.15 bits per heavy atom. The molecule has 0 spiro atoms. The lowest BCUT2D eigenvalue weighted by atomic mass is 10.0. The number of ether oxygens (including phenoxy) is 2. The molecule has 2 amide bonds. The van der Waals surface area contributed by atoms with Crippen LogP contribution in [0.5, 0.6) is 0 Å². The summed E-state index contributed by atoms with van der Waals surface area (Å²) >= 11 is 0. The maximum absolute atomic E-state index is 11.9. The van der Waals surface area contributed by atoms with E-state index in [1.807, 2.05) is 0 Å². The lowest BCUT2D eigenvalue weighted by Gasteiger charge is -2.20. The molecule has 1 aliphatic rings. The van der Waals surface area contributed by atoms with Crippen LogP contribution in [0, 0.1) is 5.92 Å². The van der Waals surface area contributed by atoms with E-state index in [0.29, 0.717) is 13.0 Å². The molecule has 0 radical (unpaired) electrons. The average molecular weight is 286 g/mol. The van der Waals surface area contributed by atoms with Gasteiger partial charge in [0.1, 0.15) is 12.1 Å². The summed E-state index contributed by atoms with van der Waals surface area (Å²) < 4.78 is 10.1. The maximum Gasteiger partial charge on any atom is 0.308 e. The van der Waals surface area contributed by atoms with Crippen molar-refractivity contribution >= 4 is 17.8 Å². The van der Waals surface area contributed by atoms with Crippen LogP contribution in [0.25, 0.3) is 0 Å². The van der Waals surface area contributed by atoms with Crippen LogP contribution < -0.4 is 11.1 Å². The Bertz CT molecular complexity index is 366. The molecular weight excluding hydrogens is 264 g/mol. The average Bonchev–Trinajstić information content (AvgIpc) is 2.91. The third kappa shape index (κ3) is 4.80. The minimum atomic E-state index is -0.897. The molecule has 1 aliphatic heterocycles. The molecule has 7 heteroatoms. The Morgan fingerprint density at radius 3 is 2.65 bits per heavy atom. The van der Waals surface area contributed by atoms with Gasteiger partial charge in [0.25, 0.3) is 0 Å². The lowest BCUT2D eigenvalue weighted by Crippen LogP contribution is -2.49. The van der Waals surface area contributed by atoms with E-state index in [1.54, 1.807) is 13.8 Å². The molecule has 1 rings (SSSR count). The fourth-order valence-electron chi connectivity index (χ4n) is 2.03. The van der Waals surface area contributed by atoms with Crippen LogP contribution in [0.1, 0.15) is 33.1 Å². The second-order valence-electron chi connectivity index (χ2n) is 4.85. The van der Waals surface area contributed by atoms with Crippen LogP contribution in [-0.2, 0) is 23.9 Å². The second kappa shape index (κ2) is 7.84. The van der Waals surface area contributed by atoms with Crippen molar-refractivity contribution in [1.82, 2.24) is 5.32 Å². The van der Waals surface area contributed by atoms with Crippen molar-refractivity contribution in [3.05, 3.63) is 0 Å². The third-order valence-electron chi connectivity index (χ3n) is 3.16. The Balaban J connectivity index is 2.53. The fourth-order valence-corrected chi connectivity index (χ4v) is 2.03. The van der Waals surface area contributed by atoms with Crippen molar-refractivity contribution in [2.24, 2.45) is 11.7 Å². The number of nitrogens with one attached hydrogen (secondary N) is 1. The van der Waals surface area contributed by atoms with Gasteiger partial charge in [-0.25, -0.2) is 0 Å². The maximum atomic E-state index is 11.9. The summed E-state index contributed by atoms with van der Waals surface area (Å²) in [7, 11) is 0. The fraction of sp³-hybridized carbons (Fsp3) is 0.769. The Labute approximate surface area is 118 Å². The normalized spacial score (nSPS) is 21.0. The monoisotopic (exact) mass is 286 g/mol. The number of nitrogens with two attached hydrogens (primary N) is 1. The van der Waals surface area contributed by atoms with Gasteiger partial charge in [0.15, 0.2) is 0 Å². The van der Waals surface area contributed by atoms with Gasteiger partial charge in [-0.05, 0) is 26.2 Å². The minimum absolute atomic E-state index is 0.118. The summed E-state index contributed by atoms with van der Waals surface area (Å²) in [6.07, 6.45) is 1.03. The van der Waals surface area contributed by atoms with Gasteiger partial charge in [-0.15, -0.1) is 0 Å². The molecule has 3 N–H and O–H groups in total. The first-order chi connectivity index (χ1) is 9.45. The van der Waals surface area contributed by atoms with Crippen LogP contribution in [0.2, 0.25) is 0 Å². The highest BCUT2D eigenvalue weighted by molar-refractivity contribution is 5.89. The predicted octanol–water partition coefficient (Wildman–Crippen LogP) is -0.275. The molecule has 114 valence electrons. The van der Waals surface area contributed by atoms with E-state index in [4.69, 9.17) is 15.2 Å². The predicted molar refractivity (Wildman–Crippen MR) is 70.5 cm³/mol. The number of carbonyl (C=O) groups excluding carboxylic acids is 3. The van der Waals surface area contributed by atoms with Crippen LogP contribution in [0.4, 0.5) is 0 Å². The van der Waals surface area contributed by atoms with Crippen LogP contribution >= 0.6 is 0 Å². The number of hydrogen-bond acceptors (Lipinski definition) is 5. The van der Waals surface area contributed by atoms with Gasteiger partial charge in [0.2, 0.25) is 11.8 Å². The van der Waals surface area contributed by atoms with Crippen molar-refractivity contribution in [2.75, 3.05) is 13.2 Å². The van der Waals surface area contributed by atoms with Gasteiger partial charge < -0.3 is 20.5 Å². The zero-order valence-corrected chi connectivity index (χ0v) is 11.9. The van der Waals surface area contributed by atoms with E-state index in [9.17, 15) is 14.4 Å². The van der Waals surface area contributed by atoms with E-state index >= 15 is 0 Å². The van der Waals surface area contributed by atoms with Gasteiger partial charge in [-0.2, -0.15) is 0 Å². The molecule has 7 nitrogen and oxygen atoms in total. The Morgan fingerprint density at radius 1 is 1.45 bits per heavy atom. The van der Waals surface area contributed by atoms with E-state index < -0.39 is 29.9 Å². The highest BCUT2D eigenvalue weighted by Gasteiger charge is 2.29. The van der Waals surface area contributed by atoms with Crippen molar-refractivity contribution in [2.45, 2.75) is 45.3 Å². The zero-order valence-electron chi connectivity index (χ0n) is 11.9. The van der Waals surface area contributed by atoms with E-state index in [-0.39, 0.29) is 18.9 Å². The van der Waals surface area contributed by atoms with Gasteiger partial charge >= 0.3 is 5.97 Å². The number of rotatable bonds is 7. The first kappa shape index (κ1) is 16.4. The van der Waals surface area contributed by atoms with E-state index in [1.165, 1.54) is 0 Å². The summed E-state index contributed by atoms with van der Waals surface area (Å²) in [4.78, 5) is 34.8. The molecule has 20 heavy (non-hydrogen) atoms. The topological polar surface area (TPSA) is 108 Å². The SMILES string of the molecule is CCOC(=O)[C@H](C)C[C@@H](NC(=O)[C@@H]1CCCO1)C(N)=O. The molecule has 0 aromatic carbocycles. The number of hydrogen-bond donors (Lipinski definition) is 2. The highest BCUT2D eigenvalue weighted by Crippen LogP contribution is 2.13. The molecule has 1 heterocycles. The highest BCUT2D eigenvalue weighted by atomic mass is 16.5. The summed E-state index contributed by atoms with van der Waals surface area (Å²) in [5.41, 5.74) is 5.26. The van der Waals surface area contributed by atoms with Crippen molar-refractivity contribution < 1.29 is 23.9 Å². The zero-order chi connectivity index (χ0) is 15.1. The summed E-state index contributed by atoms with van der Waals surface area (Å²) in [5.74, 6) is -1.96. The number of carbonyl (C=O) groups is 3. The molecule has 1 fully saturated rings. The first-order valence-corrected chi connectivity index (χ1v) is 6.83. The van der Waals surface area contributed by atoms with Crippen molar-refractivity contribution in [1.29, 1.82) is 0 Å². The van der Waals surface area contributed by atoms with Gasteiger partial charge in [-0.3, -0.25) is 14.4 Å². The third-order valence-corrected chi connectivity index (χ3v) is 3.16. The molecular formula is C13H22N2O5. The van der Waals surface area contributed by atoms with Gasteiger partial charge in [0, 0.05) is 6.61 Å². The van der Waals surface area contributed by atoms with Crippen molar-refractivity contribution in [3.63, 3.8) is 0 Å². The first-order valence-electron chi connectivity index (χ1n) is 6.83. The van der Waals surface area contributed by atoms with E-state index in [2.05, 4.69) is 5.32 Å². The molecule has 0 aromatic rings. The minimum Gasteiger partial charge on any atom is -0.466 e. The summed E-state index contributed by atoms with van der Waals surface area (Å²) in [6.45, 7) is 4.15. The van der Waals surface area contributed by atoms with E-state index in [0.717, 1.165) is 6.42 Å². The standard InChI is InChI=1S/C13H22N2O5/c1-3-19-13(18)8(2)7-9(11(14)16)15-12(17)10-5-4-6-20-10/h8-10H,3-7H2,1-2H3,(H2,14,16)(H,15,17)/t8-,9-,10+/m1/s1. The Hall–Kier alpha value is -1.63. The largest absolute Gasteiger partial charge is 0.466 e. The molecule has 1 saturated heterocycles. The second-order valence-corrected chi connectivity index (χ2v) is 4.85. The molecule has 0 bridgehead atoms. The van der Waals surface area contributed by atoms with Crippen LogP contribution in [0.3, 0.4) is 0 Å². The smallest absolute Gasteiger partial charge is 0.308 e. The molecule has 0 aliphatic carbocycles. The lowest BCUT2D eigenvalue weighted by molar-refractivity contribution is -0.148. The molecule has 0 unspecified atom stereocenters. The van der Waals surface area contributed by atoms with Crippen molar-refractivity contribution in [3.8, 4) is 0 Å². The molecule has 0 aromatic heterocycles. The number of amides is 2. The Kier molecular flexibility index (Phi) is 6.44. The van der Waals surface area contributed by atoms with Gasteiger partial charge in [-0.1, -0.05) is 6.92 Å². The molecule has 0 saturated carbocycles. The van der Waals surface area contributed by atoms with Crippen LogP contribution in [-0.4, -0.2) is 43.1 Å². The number of esters is 1. The molecule has 3 atom stereocenters. The quantitative estimate of drug-likeness (QED) is 0.626. The number of primary amides is 1. The summed E-state index contributed by atoms with van der Waals surface area (Å²) in [6, 6.07) is -0.897. The van der Waals surface area contributed by atoms with Gasteiger partial charge in [0.05, 0.1) is 12.5 Å². The summed E-state index contributed by atoms with van der Waals surface area (Å²) in [5, 5.41) is 2.54.